The number of benzene rings is 1. The first-order valence-electron chi connectivity index (χ1n) is 6.62. The van der Waals surface area contributed by atoms with Gasteiger partial charge >= 0.3 is 0 Å². The number of non-ortho nitro benzene ring substituents is 1. The second-order valence-electron chi connectivity index (χ2n) is 4.61. The van der Waals surface area contributed by atoms with Gasteiger partial charge in [-0.25, -0.2) is 5.10 Å². The third-order valence-electron chi connectivity index (χ3n) is 3.09. The van der Waals surface area contributed by atoms with Crippen molar-refractivity contribution >= 4 is 35.7 Å². The molecule has 0 saturated heterocycles. The average Bonchev–Trinajstić information content (AvgIpc) is 2.95. The van der Waals surface area contributed by atoms with Crippen molar-refractivity contribution in [2.24, 2.45) is 5.10 Å². The van der Waals surface area contributed by atoms with E-state index in [2.05, 4.69) is 20.3 Å². The SMILES string of the molecule is O=[N+]([O-])c1ccc(Cl)c(/C=N/n2c(-c3ccncc3)n[nH]c2=S)c1. The Kier molecular flexibility index (Phi) is 4.45. The summed E-state index contributed by atoms with van der Waals surface area (Å²) in [6, 6.07) is 7.63. The number of nitro groups is 1. The lowest BCUT2D eigenvalue weighted by atomic mass is 10.2. The predicted octanol–water partition coefficient (Wildman–Crippen LogP) is 3.45. The molecule has 0 saturated carbocycles. The van der Waals surface area contributed by atoms with E-state index in [1.807, 2.05) is 0 Å². The molecule has 0 bridgehead atoms. The van der Waals surface area contributed by atoms with Gasteiger partial charge in [0.15, 0.2) is 5.82 Å². The molecule has 0 spiro atoms. The van der Waals surface area contributed by atoms with Crippen LogP contribution in [0.1, 0.15) is 5.56 Å². The van der Waals surface area contributed by atoms with Crippen molar-refractivity contribution in [3.63, 3.8) is 0 Å². The highest BCUT2D eigenvalue weighted by Crippen LogP contribution is 2.21. The summed E-state index contributed by atoms with van der Waals surface area (Å²) in [4.78, 5) is 14.3. The zero-order valence-corrected chi connectivity index (χ0v) is 13.5. The number of hydrogen-bond donors (Lipinski definition) is 1. The van der Waals surface area contributed by atoms with Crippen LogP contribution in [0.15, 0.2) is 47.8 Å². The highest BCUT2D eigenvalue weighted by atomic mass is 35.5. The Morgan fingerprint density at radius 1 is 1.33 bits per heavy atom. The van der Waals surface area contributed by atoms with Gasteiger partial charge in [0.25, 0.3) is 5.69 Å². The van der Waals surface area contributed by atoms with Crippen molar-refractivity contribution in [2.75, 3.05) is 0 Å². The Hall–Kier alpha value is -2.91. The van der Waals surface area contributed by atoms with E-state index in [1.54, 1.807) is 24.5 Å². The predicted molar refractivity (Wildman–Crippen MR) is 91.7 cm³/mol. The molecule has 0 unspecified atom stereocenters. The van der Waals surface area contributed by atoms with E-state index >= 15 is 0 Å². The fourth-order valence-corrected chi connectivity index (χ4v) is 2.30. The number of aromatic amines is 1. The van der Waals surface area contributed by atoms with Gasteiger partial charge in [-0.2, -0.15) is 14.9 Å². The first kappa shape index (κ1) is 16.0. The number of nitrogens with one attached hydrogen (secondary N) is 1. The Morgan fingerprint density at radius 3 is 2.79 bits per heavy atom. The summed E-state index contributed by atoms with van der Waals surface area (Å²) in [7, 11) is 0. The molecule has 2 aromatic heterocycles. The minimum Gasteiger partial charge on any atom is -0.265 e. The number of nitrogens with zero attached hydrogens (tertiary/aromatic N) is 5. The standard InChI is InChI=1S/C14H9ClN6O2S/c15-12-2-1-11(21(22)23)7-10(12)8-17-20-13(18-19-14(20)24)9-3-5-16-6-4-9/h1-8H,(H,19,24)/b17-8+. The van der Waals surface area contributed by atoms with Gasteiger partial charge in [0.1, 0.15) is 0 Å². The third kappa shape index (κ3) is 3.21. The molecule has 1 N–H and O–H groups in total. The second kappa shape index (κ2) is 6.69. The van der Waals surface area contributed by atoms with Crippen molar-refractivity contribution < 1.29 is 4.92 Å². The van der Waals surface area contributed by atoms with Crippen molar-refractivity contribution in [3.05, 3.63) is 68.2 Å². The number of aromatic nitrogens is 4. The van der Waals surface area contributed by atoms with Crippen LogP contribution >= 0.6 is 23.8 Å². The fourth-order valence-electron chi connectivity index (χ4n) is 1.95. The van der Waals surface area contributed by atoms with Gasteiger partial charge < -0.3 is 0 Å². The Labute approximate surface area is 145 Å². The minimum absolute atomic E-state index is 0.0778. The summed E-state index contributed by atoms with van der Waals surface area (Å²) in [6.07, 6.45) is 4.64. The molecule has 10 heteroatoms. The van der Waals surface area contributed by atoms with Crippen molar-refractivity contribution in [1.82, 2.24) is 19.9 Å². The summed E-state index contributed by atoms with van der Waals surface area (Å²) in [5.41, 5.74) is 1.08. The maximum Gasteiger partial charge on any atom is 0.270 e. The second-order valence-corrected chi connectivity index (χ2v) is 5.40. The lowest BCUT2D eigenvalue weighted by Gasteiger charge is -2.01. The van der Waals surface area contributed by atoms with Crippen molar-refractivity contribution in [1.29, 1.82) is 0 Å². The molecule has 0 atom stereocenters. The van der Waals surface area contributed by atoms with E-state index in [-0.39, 0.29) is 10.5 Å². The number of hydrogen-bond acceptors (Lipinski definition) is 6. The number of pyridine rings is 1. The van der Waals surface area contributed by atoms with Crippen molar-refractivity contribution in [3.8, 4) is 11.4 Å². The first-order chi connectivity index (χ1) is 11.6. The van der Waals surface area contributed by atoms with Crippen LogP contribution in [0.4, 0.5) is 5.69 Å². The highest BCUT2D eigenvalue weighted by molar-refractivity contribution is 7.71. The molecule has 8 nitrogen and oxygen atoms in total. The Balaban J connectivity index is 2.02. The molecular formula is C14H9ClN6O2S. The summed E-state index contributed by atoms with van der Waals surface area (Å²) in [5, 5.41) is 22.2. The van der Waals surface area contributed by atoms with Crippen LogP contribution in [0.3, 0.4) is 0 Å². The van der Waals surface area contributed by atoms with Gasteiger partial charge in [-0.05, 0) is 30.4 Å². The molecule has 1 aromatic carbocycles. The zero-order chi connectivity index (χ0) is 17.1. The third-order valence-corrected chi connectivity index (χ3v) is 3.70. The summed E-state index contributed by atoms with van der Waals surface area (Å²) in [6.45, 7) is 0. The molecule has 2 heterocycles. The van der Waals surface area contributed by atoms with Crippen LogP contribution < -0.4 is 0 Å². The van der Waals surface area contributed by atoms with Gasteiger partial charge in [0.2, 0.25) is 4.77 Å². The summed E-state index contributed by atoms with van der Waals surface area (Å²) >= 11 is 11.2. The average molecular weight is 361 g/mol. The maximum atomic E-state index is 10.9. The van der Waals surface area contributed by atoms with Crippen LogP contribution in [-0.4, -0.2) is 31.0 Å². The van der Waals surface area contributed by atoms with E-state index in [1.165, 1.54) is 29.1 Å². The smallest absolute Gasteiger partial charge is 0.265 e. The molecule has 3 aromatic rings. The van der Waals surface area contributed by atoms with Crippen LogP contribution in [0.5, 0.6) is 0 Å². The summed E-state index contributed by atoms with van der Waals surface area (Å²) in [5.74, 6) is 0.486. The number of rotatable bonds is 4. The molecule has 0 amide bonds. The fraction of sp³-hybridized carbons (Fsp3) is 0. The quantitative estimate of drug-likeness (QED) is 0.332. The molecule has 0 aliphatic heterocycles. The van der Waals surface area contributed by atoms with Crippen LogP contribution in [-0.2, 0) is 0 Å². The molecule has 0 fully saturated rings. The highest BCUT2D eigenvalue weighted by Gasteiger charge is 2.10. The van der Waals surface area contributed by atoms with Gasteiger partial charge in [0.05, 0.1) is 11.1 Å². The van der Waals surface area contributed by atoms with Crippen LogP contribution in [0.25, 0.3) is 11.4 Å². The van der Waals surface area contributed by atoms with Gasteiger partial charge in [0, 0.05) is 40.7 Å². The van der Waals surface area contributed by atoms with Gasteiger partial charge in [-0.15, -0.1) is 0 Å². The van der Waals surface area contributed by atoms with E-state index in [4.69, 9.17) is 23.8 Å². The first-order valence-corrected chi connectivity index (χ1v) is 7.41. The topological polar surface area (TPSA) is 102 Å². The minimum atomic E-state index is -0.500. The van der Waals surface area contributed by atoms with E-state index in [0.717, 1.165) is 5.56 Å². The monoisotopic (exact) mass is 360 g/mol. The number of nitro benzene ring substituents is 1. The Morgan fingerprint density at radius 2 is 2.08 bits per heavy atom. The van der Waals surface area contributed by atoms with Crippen LogP contribution in [0.2, 0.25) is 5.02 Å². The normalized spacial score (nSPS) is 11.0. The molecule has 3 rings (SSSR count). The molecule has 120 valence electrons. The van der Waals surface area contributed by atoms with E-state index < -0.39 is 4.92 Å². The largest absolute Gasteiger partial charge is 0.270 e. The summed E-state index contributed by atoms with van der Waals surface area (Å²) < 4.78 is 1.68. The van der Waals surface area contributed by atoms with Crippen LogP contribution in [0, 0.1) is 14.9 Å². The van der Waals surface area contributed by atoms with E-state index in [9.17, 15) is 10.1 Å². The number of halogens is 1. The van der Waals surface area contributed by atoms with Gasteiger partial charge in [-0.1, -0.05) is 11.6 Å². The van der Waals surface area contributed by atoms with Gasteiger partial charge in [-0.3, -0.25) is 15.1 Å². The zero-order valence-electron chi connectivity index (χ0n) is 12.0. The molecule has 0 aliphatic carbocycles. The molecule has 0 radical (unpaired) electrons. The number of H-pyrrole nitrogens is 1. The Bertz CT molecular complexity index is 982. The molecule has 24 heavy (non-hydrogen) atoms. The van der Waals surface area contributed by atoms with Crippen molar-refractivity contribution in [2.45, 2.75) is 0 Å². The lowest BCUT2D eigenvalue weighted by Crippen LogP contribution is -1.96. The molecular weight excluding hydrogens is 352 g/mol. The maximum absolute atomic E-state index is 10.9. The molecule has 0 aliphatic rings. The lowest BCUT2D eigenvalue weighted by molar-refractivity contribution is -0.384. The van der Waals surface area contributed by atoms with E-state index in [0.29, 0.717) is 16.4 Å².